The first kappa shape index (κ1) is 9.30. The van der Waals surface area contributed by atoms with Gasteiger partial charge in [0.2, 0.25) is 0 Å². The number of rotatable bonds is 0. The molecular weight excluding hydrogens is 162 g/mol. The van der Waals surface area contributed by atoms with E-state index in [9.17, 15) is 5.11 Å². The first-order chi connectivity index (χ1) is 4.77. The average Bonchev–Trinajstić information content (AvgIpc) is 2.20. The third-order valence-electron chi connectivity index (χ3n) is 3.07. The molecule has 0 aromatic heterocycles. The van der Waals surface area contributed by atoms with Crippen molar-refractivity contribution in [1.29, 1.82) is 0 Å². The Bertz CT molecular complexity index is 128. The summed E-state index contributed by atoms with van der Waals surface area (Å²) in [7, 11) is 2.19. The van der Waals surface area contributed by atoms with E-state index in [1.54, 1.807) is 0 Å². The van der Waals surface area contributed by atoms with E-state index in [1.807, 2.05) is 0 Å². The Labute approximate surface area is 74.0 Å². The summed E-state index contributed by atoms with van der Waals surface area (Å²) >= 11 is 0. The average molecular weight is 178 g/mol. The highest BCUT2D eigenvalue weighted by atomic mass is 35.5. The van der Waals surface area contributed by atoms with E-state index in [4.69, 9.17) is 0 Å². The van der Waals surface area contributed by atoms with Gasteiger partial charge in [0, 0.05) is 12.1 Å². The van der Waals surface area contributed by atoms with E-state index in [1.165, 1.54) is 12.8 Å². The molecule has 11 heavy (non-hydrogen) atoms. The van der Waals surface area contributed by atoms with Crippen LogP contribution in [0.3, 0.4) is 0 Å². The van der Waals surface area contributed by atoms with Crippen molar-refractivity contribution in [2.75, 3.05) is 7.05 Å². The summed E-state index contributed by atoms with van der Waals surface area (Å²) in [5.41, 5.74) is 0. The van der Waals surface area contributed by atoms with Gasteiger partial charge in [-0.15, -0.1) is 12.4 Å². The molecule has 66 valence electrons. The summed E-state index contributed by atoms with van der Waals surface area (Å²) in [4.78, 5) is 2.44. The molecule has 2 saturated heterocycles. The molecule has 3 heteroatoms. The molecule has 2 aliphatic heterocycles. The maximum absolute atomic E-state index is 9.38. The second kappa shape index (κ2) is 3.30. The third kappa shape index (κ3) is 1.53. The van der Waals surface area contributed by atoms with Gasteiger partial charge in [-0.3, -0.25) is 0 Å². The molecule has 2 atom stereocenters. The van der Waals surface area contributed by atoms with Crippen LogP contribution in [0.5, 0.6) is 0 Å². The maximum atomic E-state index is 9.38. The standard InChI is InChI=1S/C8H15NO.ClH/c1-9-6-2-3-7(9)5-8(10)4-6;/h6-8,10H,2-5H2,1H3;1H/t6-,7-;/m1./s1. The quantitative estimate of drug-likeness (QED) is 0.598. The SMILES string of the molecule is CN1[C@@H]2CC[C@@H]1CC(O)C2.Cl. The van der Waals surface area contributed by atoms with Gasteiger partial charge in [0.25, 0.3) is 0 Å². The molecule has 2 rings (SSSR count). The Hall–Kier alpha value is 0.210. The van der Waals surface area contributed by atoms with Crippen molar-refractivity contribution in [3.05, 3.63) is 0 Å². The van der Waals surface area contributed by atoms with Crippen LogP contribution in [0.15, 0.2) is 0 Å². The molecule has 1 N–H and O–H groups in total. The molecule has 0 spiro atoms. The van der Waals surface area contributed by atoms with Gasteiger partial charge in [0.05, 0.1) is 6.10 Å². The van der Waals surface area contributed by atoms with Gasteiger partial charge >= 0.3 is 0 Å². The highest BCUT2D eigenvalue weighted by molar-refractivity contribution is 5.85. The Morgan fingerprint density at radius 3 is 2.09 bits per heavy atom. The first-order valence-corrected chi connectivity index (χ1v) is 4.17. The number of aliphatic hydroxyl groups is 1. The molecule has 0 amide bonds. The topological polar surface area (TPSA) is 23.5 Å². The predicted molar refractivity (Wildman–Crippen MR) is 47.1 cm³/mol. The van der Waals surface area contributed by atoms with Gasteiger partial charge in [-0.25, -0.2) is 0 Å². The molecule has 2 bridgehead atoms. The van der Waals surface area contributed by atoms with Crippen molar-refractivity contribution in [3.8, 4) is 0 Å². The largest absolute Gasteiger partial charge is 0.393 e. The smallest absolute Gasteiger partial charge is 0.0570 e. The van der Waals surface area contributed by atoms with Crippen molar-refractivity contribution in [2.24, 2.45) is 0 Å². The molecule has 0 aromatic rings. The summed E-state index contributed by atoms with van der Waals surface area (Å²) in [5.74, 6) is 0. The van der Waals surface area contributed by atoms with Crippen LogP contribution in [0, 0.1) is 0 Å². The number of nitrogens with zero attached hydrogens (tertiary/aromatic N) is 1. The van der Waals surface area contributed by atoms with Crippen LogP contribution in [-0.4, -0.2) is 35.2 Å². The molecule has 0 saturated carbocycles. The summed E-state index contributed by atoms with van der Waals surface area (Å²) in [5, 5.41) is 9.38. The van der Waals surface area contributed by atoms with Gasteiger partial charge in [0.15, 0.2) is 0 Å². The molecule has 0 aromatic carbocycles. The van der Waals surface area contributed by atoms with Gasteiger partial charge in [-0.1, -0.05) is 0 Å². The van der Waals surface area contributed by atoms with Crippen LogP contribution < -0.4 is 0 Å². The van der Waals surface area contributed by atoms with Crippen molar-refractivity contribution in [3.63, 3.8) is 0 Å². The number of fused-ring (bicyclic) bond motifs is 2. The van der Waals surface area contributed by atoms with E-state index >= 15 is 0 Å². The van der Waals surface area contributed by atoms with E-state index in [0.29, 0.717) is 12.1 Å². The molecular formula is C8H16ClNO. The first-order valence-electron chi connectivity index (χ1n) is 4.17. The lowest BCUT2D eigenvalue weighted by Crippen LogP contribution is -2.41. The number of aliphatic hydroxyl groups excluding tert-OH is 1. The normalized spacial score (nSPS) is 43.6. The number of halogens is 1. The fraction of sp³-hybridized carbons (Fsp3) is 1.00. The lowest BCUT2D eigenvalue weighted by atomic mass is 10.0. The molecule has 2 heterocycles. The van der Waals surface area contributed by atoms with E-state index in [2.05, 4.69) is 11.9 Å². The lowest BCUT2D eigenvalue weighted by molar-refractivity contribution is 0.0503. The second-order valence-electron chi connectivity index (χ2n) is 3.68. The van der Waals surface area contributed by atoms with E-state index in [0.717, 1.165) is 12.8 Å². The van der Waals surface area contributed by atoms with Crippen LogP contribution in [0.25, 0.3) is 0 Å². The third-order valence-corrected chi connectivity index (χ3v) is 3.07. The number of piperidine rings is 1. The van der Waals surface area contributed by atoms with Crippen LogP contribution in [0.1, 0.15) is 25.7 Å². The summed E-state index contributed by atoms with van der Waals surface area (Å²) in [6.45, 7) is 0. The minimum absolute atomic E-state index is 0. The zero-order chi connectivity index (χ0) is 7.14. The summed E-state index contributed by atoms with van der Waals surface area (Å²) in [6.07, 6.45) is 4.62. The van der Waals surface area contributed by atoms with Crippen molar-refractivity contribution in [1.82, 2.24) is 4.90 Å². The highest BCUT2D eigenvalue weighted by Gasteiger charge is 2.37. The minimum Gasteiger partial charge on any atom is -0.393 e. The van der Waals surface area contributed by atoms with E-state index in [-0.39, 0.29) is 18.5 Å². The Kier molecular flexibility index (Phi) is 2.79. The fourth-order valence-electron chi connectivity index (χ4n) is 2.38. The molecule has 0 aliphatic carbocycles. The lowest BCUT2D eigenvalue weighted by Gasteiger charge is -2.33. The minimum atomic E-state index is -0.00583. The zero-order valence-corrected chi connectivity index (χ0v) is 7.68. The van der Waals surface area contributed by atoms with E-state index < -0.39 is 0 Å². The van der Waals surface area contributed by atoms with Crippen LogP contribution in [0.4, 0.5) is 0 Å². The predicted octanol–water partition coefficient (Wildman–Crippen LogP) is 1.03. The molecule has 0 radical (unpaired) electrons. The van der Waals surface area contributed by atoms with Gasteiger partial charge in [-0.2, -0.15) is 0 Å². The molecule has 0 unspecified atom stereocenters. The number of hydrogen-bond acceptors (Lipinski definition) is 2. The summed E-state index contributed by atoms with van der Waals surface area (Å²) < 4.78 is 0. The van der Waals surface area contributed by atoms with Gasteiger partial charge in [-0.05, 0) is 32.7 Å². The van der Waals surface area contributed by atoms with Crippen molar-refractivity contribution >= 4 is 12.4 Å². The molecule has 2 fully saturated rings. The maximum Gasteiger partial charge on any atom is 0.0570 e. The monoisotopic (exact) mass is 177 g/mol. The van der Waals surface area contributed by atoms with Crippen LogP contribution in [0.2, 0.25) is 0 Å². The van der Waals surface area contributed by atoms with Crippen molar-refractivity contribution < 1.29 is 5.11 Å². The van der Waals surface area contributed by atoms with Gasteiger partial charge < -0.3 is 10.0 Å². The second-order valence-corrected chi connectivity index (χ2v) is 3.68. The molecule has 2 aliphatic rings. The van der Waals surface area contributed by atoms with Crippen LogP contribution >= 0.6 is 12.4 Å². The van der Waals surface area contributed by atoms with Gasteiger partial charge in [0.1, 0.15) is 0 Å². The molecule has 2 nitrogen and oxygen atoms in total. The van der Waals surface area contributed by atoms with Crippen LogP contribution in [-0.2, 0) is 0 Å². The number of hydrogen-bond donors (Lipinski definition) is 1. The van der Waals surface area contributed by atoms with Crippen molar-refractivity contribution in [2.45, 2.75) is 43.9 Å². The zero-order valence-electron chi connectivity index (χ0n) is 6.86. The summed E-state index contributed by atoms with van der Waals surface area (Å²) in [6, 6.07) is 1.38. The Morgan fingerprint density at radius 2 is 1.64 bits per heavy atom. The fourth-order valence-corrected chi connectivity index (χ4v) is 2.38. The Morgan fingerprint density at radius 1 is 1.18 bits per heavy atom. The highest BCUT2D eigenvalue weighted by Crippen LogP contribution is 2.33. The Balaban J connectivity index is 0.000000605.